The van der Waals surface area contributed by atoms with Crippen molar-refractivity contribution in [3.05, 3.63) is 33.9 Å². The fourth-order valence-electron chi connectivity index (χ4n) is 2.90. The first-order chi connectivity index (χ1) is 8.63. The molecule has 3 rings (SSSR count). The van der Waals surface area contributed by atoms with Gasteiger partial charge >= 0.3 is 0 Å². The van der Waals surface area contributed by atoms with Crippen LogP contribution in [-0.4, -0.2) is 23.2 Å². The molecule has 3 unspecified atom stereocenters. The molecule has 0 amide bonds. The van der Waals surface area contributed by atoms with Crippen LogP contribution < -0.4 is 5.32 Å². The molecule has 0 aromatic heterocycles. The quantitative estimate of drug-likeness (QED) is 0.659. The molecule has 18 heavy (non-hydrogen) atoms. The summed E-state index contributed by atoms with van der Waals surface area (Å²) in [6.45, 7) is 1.86. The summed E-state index contributed by atoms with van der Waals surface area (Å²) < 4.78 is 5.75. The lowest BCUT2D eigenvalue weighted by atomic mass is 9.95. The summed E-state index contributed by atoms with van der Waals surface area (Å²) in [5.74, 6) is 0. The third-order valence-electron chi connectivity index (χ3n) is 3.80. The van der Waals surface area contributed by atoms with E-state index in [1.165, 1.54) is 0 Å². The lowest BCUT2D eigenvalue weighted by Crippen LogP contribution is -2.30. The number of aryl methyl sites for hydroxylation is 1. The summed E-state index contributed by atoms with van der Waals surface area (Å²) in [5, 5.41) is 14.3. The zero-order valence-electron chi connectivity index (χ0n) is 10.3. The van der Waals surface area contributed by atoms with Crippen molar-refractivity contribution in [2.75, 3.05) is 5.32 Å². The average molecular weight is 248 g/mol. The topological polar surface area (TPSA) is 64.4 Å². The monoisotopic (exact) mass is 248 g/mol. The van der Waals surface area contributed by atoms with Crippen LogP contribution in [0.3, 0.4) is 0 Å². The molecule has 0 radical (unpaired) electrons. The number of rotatable bonds is 3. The van der Waals surface area contributed by atoms with Gasteiger partial charge in [0.05, 0.1) is 23.2 Å². The van der Waals surface area contributed by atoms with E-state index < -0.39 is 0 Å². The lowest BCUT2D eigenvalue weighted by Gasteiger charge is -2.21. The summed E-state index contributed by atoms with van der Waals surface area (Å²) in [6, 6.07) is 5.50. The normalized spacial score (nSPS) is 29.5. The molecule has 3 atom stereocenters. The van der Waals surface area contributed by atoms with Gasteiger partial charge in [0.15, 0.2) is 0 Å². The van der Waals surface area contributed by atoms with Gasteiger partial charge in [-0.15, -0.1) is 0 Å². The van der Waals surface area contributed by atoms with Crippen molar-refractivity contribution in [3.8, 4) is 0 Å². The molecule has 2 aliphatic heterocycles. The van der Waals surface area contributed by atoms with E-state index in [1.54, 1.807) is 12.1 Å². The molecule has 2 fully saturated rings. The Morgan fingerprint density at radius 3 is 2.89 bits per heavy atom. The molecule has 0 aliphatic carbocycles. The number of hydrogen-bond acceptors (Lipinski definition) is 4. The molecule has 5 heteroatoms. The smallest absolute Gasteiger partial charge is 0.292 e. The van der Waals surface area contributed by atoms with E-state index in [1.807, 2.05) is 13.0 Å². The molecule has 2 aliphatic rings. The number of nitrogens with one attached hydrogen (secondary N) is 1. The maximum atomic E-state index is 11.0. The molecule has 1 aromatic carbocycles. The van der Waals surface area contributed by atoms with Gasteiger partial charge in [-0.25, -0.2) is 0 Å². The first kappa shape index (κ1) is 11.5. The van der Waals surface area contributed by atoms with E-state index in [-0.39, 0.29) is 22.8 Å². The summed E-state index contributed by atoms with van der Waals surface area (Å²) in [4.78, 5) is 10.7. The van der Waals surface area contributed by atoms with Gasteiger partial charge in [-0.2, -0.15) is 0 Å². The summed E-state index contributed by atoms with van der Waals surface area (Å²) in [6.07, 6.45) is 3.70. The van der Waals surface area contributed by atoms with Crippen LogP contribution in [0.25, 0.3) is 0 Å². The van der Waals surface area contributed by atoms with Crippen molar-refractivity contribution in [1.29, 1.82) is 0 Å². The van der Waals surface area contributed by atoms with Gasteiger partial charge < -0.3 is 10.1 Å². The van der Waals surface area contributed by atoms with Crippen molar-refractivity contribution in [2.24, 2.45) is 0 Å². The van der Waals surface area contributed by atoms with E-state index in [0.29, 0.717) is 11.8 Å². The maximum absolute atomic E-state index is 11.0. The lowest BCUT2D eigenvalue weighted by molar-refractivity contribution is -0.384. The molecular weight excluding hydrogens is 232 g/mol. The van der Waals surface area contributed by atoms with Crippen LogP contribution in [0.4, 0.5) is 11.4 Å². The second-order valence-corrected chi connectivity index (χ2v) is 5.14. The first-order valence-corrected chi connectivity index (χ1v) is 6.30. The highest BCUT2D eigenvalue weighted by Crippen LogP contribution is 2.37. The number of nitrogens with zero attached hydrogens (tertiary/aromatic N) is 1. The third-order valence-corrected chi connectivity index (χ3v) is 3.80. The van der Waals surface area contributed by atoms with Gasteiger partial charge in [0.1, 0.15) is 5.69 Å². The van der Waals surface area contributed by atoms with E-state index in [9.17, 15) is 10.1 Å². The van der Waals surface area contributed by atoms with Gasteiger partial charge in [-0.3, -0.25) is 10.1 Å². The van der Waals surface area contributed by atoms with E-state index in [4.69, 9.17) is 4.74 Å². The van der Waals surface area contributed by atoms with Gasteiger partial charge in [0.2, 0.25) is 0 Å². The van der Waals surface area contributed by atoms with Crippen molar-refractivity contribution in [2.45, 2.75) is 44.4 Å². The number of nitro benzene ring substituents is 1. The predicted octanol–water partition coefficient (Wildman–Crippen LogP) is 2.64. The highest BCUT2D eigenvalue weighted by Gasteiger charge is 2.41. The second kappa shape index (κ2) is 4.24. The number of ether oxygens (including phenoxy) is 1. The summed E-state index contributed by atoms with van der Waals surface area (Å²) in [7, 11) is 0. The molecule has 1 aromatic rings. The van der Waals surface area contributed by atoms with Crippen molar-refractivity contribution < 1.29 is 9.66 Å². The zero-order chi connectivity index (χ0) is 12.7. The molecule has 96 valence electrons. The van der Waals surface area contributed by atoms with Gasteiger partial charge in [-0.1, -0.05) is 6.07 Å². The fourth-order valence-corrected chi connectivity index (χ4v) is 2.90. The molecule has 5 nitrogen and oxygen atoms in total. The summed E-state index contributed by atoms with van der Waals surface area (Å²) >= 11 is 0. The van der Waals surface area contributed by atoms with Crippen molar-refractivity contribution >= 4 is 11.4 Å². The van der Waals surface area contributed by atoms with E-state index in [2.05, 4.69) is 5.32 Å². The highest BCUT2D eigenvalue weighted by atomic mass is 16.6. The van der Waals surface area contributed by atoms with Gasteiger partial charge in [0.25, 0.3) is 5.69 Å². The first-order valence-electron chi connectivity index (χ1n) is 6.30. The largest absolute Gasteiger partial charge is 0.374 e. The molecule has 0 saturated carbocycles. The zero-order valence-corrected chi connectivity index (χ0v) is 10.3. The third kappa shape index (κ3) is 1.95. The Bertz CT molecular complexity index is 489. The maximum Gasteiger partial charge on any atom is 0.292 e. The number of anilines is 1. The molecule has 2 heterocycles. The Morgan fingerprint density at radius 1 is 1.44 bits per heavy atom. The van der Waals surface area contributed by atoms with Crippen LogP contribution in [0, 0.1) is 17.0 Å². The number of fused-ring (bicyclic) bond motifs is 2. The van der Waals surface area contributed by atoms with E-state index >= 15 is 0 Å². The standard InChI is InChI=1S/C13H16N2O3/c1-8-2-4-10(12(6-8)15(16)17)14-11-7-9-3-5-13(11)18-9/h2,4,6,9,11,13-14H,3,5,7H2,1H3. The minimum Gasteiger partial charge on any atom is -0.374 e. The highest BCUT2D eigenvalue weighted by molar-refractivity contribution is 5.63. The Labute approximate surface area is 105 Å². The minimum atomic E-state index is -0.330. The van der Waals surface area contributed by atoms with Crippen LogP contribution in [0.1, 0.15) is 24.8 Å². The molecule has 1 N–H and O–H groups in total. The molecule has 2 bridgehead atoms. The Balaban J connectivity index is 1.82. The second-order valence-electron chi connectivity index (χ2n) is 5.14. The number of benzene rings is 1. The number of nitro groups is 1. The van der Waals surface area contributed by atoms with Crippen LogP contribution in [-0.2, 0) is 4.74 Å². The van der Waals surface area contributed by atoms with Crippen LogP contribution >= 0.6 is 0 Å². The predicted molar refractivity (Wildman–Crippen MR) is 67.8 cm³/mol. The van der Waals surface area contributed by atoms with Crippen LogP contribution in [0.2, 0.25) is 0 Å². The van der Waals surface area contributed by atoms with E-state index in [0.717, 1.165) is 24.8 Å². The minimum absolute atomic E-state index is 0.151. The Kier molecular flexibility index (Phi) is 2.70. The van der Waals surface area contributed by atoms with Crippen molar-refractivity contribution in [1.82, 2.24) is 0 Å². The van der Waals surface area contributed by atoms with Crippen LogP contribution in [0.15, 0.2) is 18.2 Å². The SMILES string of the molecule is Cc1ccc(NC2CC3CCC2O3)c([N+](=O)[O-])c1. The van der Waals surface area contributed by atoms with Gasteiger partial charge in [0, 0.05) is 6.07 Å². The molecular formula is C13H16N2O3. The summed E-state index contributed by atoms with van der Waals surface area (Å²) in [5.41, 5.74) is 1.65. The van der Waals surface area contributed by atoms with Crippen LogP contribution in [0.5, 0.6) is 0 Å². The van der Waals surface area contributed by atoms with Crippen molar-refractivity contribution in [3.63, 3.8) is 0 Å². The fraction of sp³-hybridized carbons (Fsp3) is 0.538. The Morgan fingerprint density at radius 2 is 2.28 bits per heavy atom. The molecule has 2 saturated heterocycles. The van der Waals surface area contributed by atoms with Gasteiger partial charge in [-0.05, 0) is 37.8 Å². The Hall–Kier alpha value is -1.62. The number of hydrogen-bond donors (Lipinski definition) is 1. The average Bonchev–Trinajstić information content (AvgIpc) is 2.93. The molecule has 0 spiro atoms.